The summed E-state index contributed by atoms with van der Waals surface area (Å²) in [6, 6.07) is 10.1. The van der Waals surface area contributed by atoms with Gasteiger partial charge in [-0.05, 0) is 24.8 Å². The second-order valence-electron chi connectivity index (χ2n) is 8.01. The molecule has 0 spiro atoms. The molecule has 1 aromatic carbocycles. The van der Waals surface area contributed by atoms with E-state index in [4.69, 9.17) is 9.97 Å². The standard InChI is InChI=1S/C22H26N6O/c1-2-3-13-27-20-18(24-19(25-20)16-11-7-8-12-16)21(29)28-22(27)23-17(26-28)14-15-9-5-4-6-10-15/h4-6,9-10,16H,2-3,7-8,11-14H2,1H3,(H,24,25). The first-order valence-corrected chi connectivity index (χ1v) is 10.7. The number of nitrogens with one attached hydrogen (secondary N) is 1. The normalized spacial score (nSPS) is 15.1. The smallest absolute Gasteiger partial charge is 0.301 e. The van der Waals surface area contributed by atoms with Crippen LogP contribution in [0.1, 0.15) is 68.6 Å². The van der Waals surface area contributed by atoms with Gasteiger partial charge in [-0.2, -0.15) is 9.50 Å². The fraction of sp³-hybridized carbons (Fsp3) is 0.455. The van der Waals surface area contributed by atoms with Gasteiger partial charge in [0, 0.05) is 18.9 Å². The van der Waals surface area contributed by atoms with Crippen molar-refractivity contribution in [2.24, 2.45) is 0 Å². The van der Waals surface area contributed by atoms with Gasteiger partial charge in [0.25, 0.3) is 0 Å². The molecule has 150 valence electrons. The van der Waals surface area contributed by atoms with Crippen LogP contribution in [0.5, 0.6) is 0 Å². The maximum atomic E-state index is 13.2. The summed E-state index contributed by atoms with van der Waals surface area (Å²) in [4.78, 5) is 26.1. The van der Waals surface area contributed by atoms with Crippen molar-refractivity contribution in [3.63, 3.8) is 0 Å². The molecule has 0 saturated heterocycles. The van der Waals surface area contributed by atoms with Crippen molar-refractivity contribution >= 4 is 16.9 Å². The van der Waals surface area contributed by atoms with Crippen LogP contribution in [0, 0.1) is 0 Å². The molecule has 0 radical (unpaired) electrons. The second kappa shape index (κ2) is 7.46. The highest BCUT2D eigenvalue weighted by Gasteiger charge is 2.24. The minimum absolute atomic E-state index is 0.161. The number of hydrogen-bond acceptors (Lipinski definition) is 4. The van der Waals surface area contributed by atoms with Gasteiger partial charge < -0.3 is 4.98 Å². The van der Waals surface area contributed by atoms with Gasteiger partial charge in [-0.1, -0.05) is 56.5 Å². The summed E-state index contributed by atoms with van der Waals surface area (Å²) < 4.78 is 3.52. The molecule has 1 aliphatic rings. The quantitative estimate of drug-likeness (QED) is 0.543. The lowest BCUT2D eigenvalue weighted by molar-refractivity contribution is 0.638. The van der Waals surface area contributed by atoms with E-state index in [-0.39, 0.29) is 5.56 Å². The molecule has 0 unspecified atom stereocenters. The summed E-state index contributed by atoms with van der Waals surface area (Å²) in [5, 5.41) is 4.56. The number of aromatic amines is 1. The van der Waals surface area contributed by atoms with E-state index >= 15 is 0 Å². The molecule has 7 nitrogen and oxygen atoms in total. The molecule has 0 atom stereocenters. The fourth-order valence-electron chi connectivity index (χ4n) is 4.35. The van der Waals surface area contributed by atoms with Crippen LogP contribution >= 0.6 is 0 Å². The Morgan fingerprint density at radius 1 is 1.14 bits per heavy atom. The SMILES string of the molecule is CCCCn1c2nc(C3CCCC3)[nH]c2c(=O)n2nc(Cc3ccccc3)nc12. The number of fused-ring (bicyclic) bond motifs is 2. The summed E-state index contributed by atoms with van der Waals surface area (Å²) in [7, 11) is 0. The number of aromatic nitrogens is 6. The Bertz CT molecular complexity index is 1200. The fourth-order valence-corrected chi connectivity index (χ4v) is 4.35. The molecule has 5 rings (SSSR count). The van der Waals surface area contributed by atoms with Crippen LogP contribution in [-0.2, 0) is 13.0 Å². The zero-order chi connectivity index (χ0) is 19.8. The number of imidazole rings is 1. The Morgan fingerprint density at radius 3 is 2.69 bits per heavy atom. The summed E-state index contributed by atoms with van der Waals surface area (Å²) in [6.07, 6.45) is 7.40. The van der Waals surface area contributed by atoms with E-state index in [9.17, 15) is 4.79 Å². The van der Waals surface area contributed by atoms with Crippen molar-refractivity contribution in [3.05, 3.63) is 57.9 Å². The number of benzene rings is 1. The van der Waals surface area contributed by atoms with Crippen LogP contribution in [0.4, 0.5) is 0 Å². The molecule has 3 heterocycles. The zero-order valence-corrected chi connectivity index (χ0v) is 16.8. The minimum Gasteiger partial charge on any atom is -0.336 e. The highest BCUT2D eigenvalue weighted by atomic mass is 16.1. The molecule has 1 aliphatic carbocycles. The van der Waals surface area contributed by atoms with Gasteiger partial charge in [-0.3, -0.25) is 9.36 Å². The van der Waals surface area contributed by atoms with Gasteiger partial charge >= 0.3 is 5.56 Å². The van der Waals surface area contributed by atoms with Gasteiger partial charge in [0.05, 0.1) is 0 Å². The Labute approximate surface area is 168 Å². The van der Waals surface area contributed by atoms with Gasteiger partial charge in [0.1, 0.15) is 5.82 Å². The monoisotopic (exact) mass is 390 g/mol. The van der Waals surface area contributed by atoms with Crippen LogP contribution in [0.3, 0.4) is 0 Å². The molecule has 4 aromatic rings. The number of aryl methyl sites for hydroxylation is 1. The number of hydrogen-bond donors (Lipinski definition) is 1. The lowest BCUT2D eigenvalue weighted by Crippen LogP contribution is -2.20. The van der Waals surface area contributed by atoms with E-state index in [1.807, 2.05) is 18.2 Å². The highest BCUT2D eigenvalue weighted by molar-refractivity contribution is 5.72. The molecule has 0 bridgehead atoms. The molecule has 0 aliphatic heterocycles. The largest absolute Gasteiger partial charge is 0.336 e. The number of nitrogens with zero attached hydrogens (tertiary/aromatic N) is 5. The van der Waals surface area contributed by atoms with E-state index in [2.05, 4.69) is 33.7 Å². The van der Waals surface area contributed by atoms with Crippen molar-refractivity contribution in [2.45, 2.75) is 64.3 Å². The first kappa shape index (κ1) is 18.1. The molecule has 29 heavy (non-hydrogen) atoms. The predicted molar refractivity (Wildman–Crippen MR) is 112 cm³/mol. The Morgan fingerprint density at radius 2 is 1.93 bits per heavy atom. The lowest BCUT2D eigenvalue weighted by Gasteiger charge is -2.07. The molecule has 7 heteroatoms. The van der Waals surface area contributed by atoms with E-state index in [1.165, 1.54) is 17.4 Å². The number of H-pyrrole nitrogens is 1. The zero-order valence-electron chi connectivity index (χ0n) is 16.8. The topological polar surface area (TPSA) is 80.9 Å². The first-order valence-electron chi connectivity index (χ1n) is 10.7. The molecular weight excluding hydrogens is 364 g/mol. The summed E-state index contributed by atoms with van der Waals surface area (Å²) >= 11 is 0. The second-order valence-corrected chi connectivity index (χ2v) is 8.01. The summed E-state index contributed by atoms with van der Waals surface area (Å²) in [6.45, 7) is 2.94. The van der Waals surface area contributed by atoms with Gasteiger partial charge in [-0.15, -0.1) is 5.10 Å². The third-order valence-corrected chi connectivity index (χ3v) is 5.92. The van der Waals surface area contributed by atoms with Crippen LogP contribution in [0.15, 0.2) is 35.1 Å². The van der Waals surface area contributed by atoms with Gasteiger partial charge in [0.2, 0.25) is 5.78 Å². The Kier molecular flexibility index (Phi) is 4.66. The average molecular weight is 390 g/mol. The first-order chi connectivity index (χ1) is 14.2. The van der Waals surface area contributed by atoms with Crippen LogP contribution in [0.25, 0.3) is 16.9 Å². The van der Waals surface area contributed by atoms with Crippen molar-refractivity contribution in [1.82, 2.24) is 29.1 Å². The van der Waals surface area contributed by atoms with E-state index < -0.39 is 0 Å². The van der Waals surface area contributed by atoms with Crippen LogP contribution in [-0.4, -0.2) is 29.1 Å². The third-order valence-electron chi connectivity index (χ3n) is 5.92. The van der Waals surface area contributed by atoms with Crippen molar-refractivity contribution in [1.29, 1.82) is 0 Å². The maximum Gasteiger partial charge on any atom is 0.301 e. The molecular formula is C22H26N6O. The Hall–Kier alpha value is -2.96. The summed E-state index contributed by atoms with van der Waals surface area (Å²) in [5.74, 6) is 2.61. The molecule has 0 amide bonds. The van der Waals surface area contributed by atoms with E-state index in [0.717, 1.165) is 49.3 Å². The highest BCUT2D eigenvalue weighted by Crippen LogP contribution is 2.33. The lowest BCUT2D eigenvalue weighted by atomic mass is 10.1. The van der Waals surface area contributed by atoms with Gasteiger partial charge in [-0.25, -0.2) is 4.98 Å². The third kappa shape index (κ3) is 3.24. The molecule has 1 saturated carbocycles. The minimum atomic E-state index is -0.161. The average Bonchev–Trinajstić information content (AvgIpc) is 3.48. The van der Waals surface area contributed by atoms with Crippen LogP contribution in [0.2, 0.25) is 0 Å². The van der Waals surface area contributed by atoms with Crippen LogP contribution < -0.4 is 5.56 Å². The predicted octanol–water partition coefficient (Wildman–Crippen LogP) is 3.82. The van der Waals surface area contributed by atoms with E-state index in [1.54, 1.807) is 0 Å². The van der Waals surface area contributed by atoms with Crippen molar-refractivity contribution in [3.8, 4) is 0 Å². The molecule has 3 aromatic heterocycles. The van der Waals surface area contributed by atoms with Crippen molar-refractivity contribution < 1.29 is 0 Å². The molecule has 1 fully saturated rings. The molecule has 1 N–H and O–H groups in total. The summed E-state index contributed by atoms with van der Waals surface area (Å²) in [5.41, 5.74) is 2.23. The number of unbranched alkanes of at least 4 members (excludes halogenated alkanes) is 1. The Balaban J connectivity index is 1.65. The van der Waals surface area contributed by atoms with Gasteiger partial charge in [0.15, 0.2) is 17.0 Å². The van der Waals surface area contributed by atoms with Crippen molar-refractivity contribution in [2.75, 3.05) is 0 Å². The van der Waals surface area contributed by atoms with E-state index in [0.29, 0.717) is 29.5 Å². The maximum absolute atomic E-state index is 13.2. The number of rotatable bonds is 6.